The number of rotatable bonds is 2. The summed E-state index contributed by atoms with van der Waals surface area (Å²) in [6.45, 7) is 1.32. The quantitative estimate of drug-likeness (QED) is 0.667. The van der Waals surface area contributed by atoms with Gasteiger partial charge in [0.1, 0.15) is 0 Å². The van der Waals surface area contributed by atoms with Gasteiger partial charge in [-0.1, -0.05) is 6.92 Å². The van der Waals surface area contributed by atoms with Crippen molar-refractivity contribution in [2.75, 3.05) is 5.75 Å². The van der Waals surface area contributed by atoms with Gasteiger partial charge in [-0.25, -0.2) is 22.3 Å². The zero-order chi connectivity index (χ0) is 8.86. The van der Waals surface area contributed by atoms with Crippen LogP contribution < -0.4 is 5.14 Å². The maximum Gasteiger partial charge on any atom is 0.255 e. The number of halogens is 2. The van der Waals surface area contributed by atoms with Crippen molar-refractivity contribution >= 4 is 10.0 Å². The molecule has 1 aliphatic rings. The van der Waals surface area contributed by atoms with Crippen molar-refractivity contribution < 1.29 is 17.2 Å². The molecule has 0 unspecified atom stereocenters. The number of primary sulfonamides is 1. The standard InChI is InChI=1S/C5H9F2NO2S/c1-3-4(5(3,6)7)2-11(8,9)10/h3-4H,2H2,1H3,(H2,8,9,10)/t3-,4-/m1/s1. The summed E-state index contributed by atoms with van der Waals surface area (Å²) in [5.74, 6) is -5.36. The Labute approximate surface area is 63.6 Å². The highest BCUT2D eigenvalue weighted by molar-refractivity contribution is 7.89. The summed E-state index contributed by atoms with van der Waals surface area (Å²) < 4.78 is 45.5. The van der Waals surface area contributed by atoms with Crippen molar-refractivity contribution in [3.05, 3.63) is 0 Å². The normalized spacial score (nSPS) is 35.3. The average molecular weight is 185 g/mol. The third-order valence-corrected chi connectivity index (χ3v) is 2.83. The number of nitrogens with two attached hydrogens (primary N) is 1. The van der Waals surface area contributed by atoms with E-state index in [1.807, 2.05) is 0 Å². The first-order chi connectivity index (χ1) is 4.75. The van der Waals surface area contributed by atoms with Gasteiger partial charge >= 0.3 is 0 Å². The molecule has 1 rings (SSSR count). The first-order valence-corrected chi connectivity index (χ1v) is 4.85. The first-order valence-electron chi connectivity index (χ1n) is 3.13. The fourth-order valence-electron chi connectivity index (χ4n) is 1.07. The van der Waals surface area contributed by atoms with Crippen molar-refractivity contribution in [2.24, 2.45) is 17.0 Å². The highest BCUT2D eigenvalue weighted by Crippen LogP contribution is 2.55. The van der Waals surface area contributed by atoms with Crippen molar-refractivity contribution in [3.63, 3.8) is 0 Å². The number of hydrogen-bond donors (Lipinski definition) is 1. The summed E-state index contributed by atoms with van der Waals surface area (Å²) in [5, 5.41) is 4.60. The van der Waals surface area contributed by atoms with Crippen LogP contribution in [0.4, 0.5) is 8.78 Å². The molecular formula is C5H9F2NO2S. The van der Waals surface area contributed by atoms with Gasteiger partial charge in [-0.15, -0.1) is 0 Å². The smallest absolute Gasteiger partial charge is 0.229 e. The van der Waals surface area contributed by atoms with Crippen molar-refractivity contribution in [1.29, 1.82) is 0 Å². The largest absolute Gasteiger partial charge is 0.255 e. The van der Waals surface area contributed by atoms with E-state index >= 15 is 0 Å². The molecule has 1 fully saturated rings. The molecule has 0 spiro atoms. The van der Waals surface area contributed by atoms with Crippen LogP contribution in [0.1, 0.15) is 6.92 Å². The van der Waals surface area contributed by atoms with E-state index in [2.05, 4.69) is 5.14 Å². The van der Waals surface area contributed by atoms with E-state index in [1.54, 1.807) is 0 Å². The fourth-order valence-corrected chi connectivity index (χ4v) is 2.08. The Morgan fingerprint density at radius 2 is 1.91 bits per heavy atom. The molecule has 1 saturated carbocycles. The highest BCUT2D eigenvalue weighted by atomic mass is 32.2. The lowest BCUT2D eigenvalue weighted by molar-refractivity contribution is 0.0895. The van der Waals surface area contributed by atoms with Crippen LogP contribution in [0.5, 0.6) is 0 Å². The maximum atomic E-state index is 12.4. The SMILES string of the molecule is C[C@@H]1[C@@H](CS(N)(=O)=O)C1(F)F. The van der Waals surface area contributed by atoms with Crippen LogP contribution in [0.2, 0.25) is 0 Å². The van der Waals surface area contributed by atoms with Gasteiger partial charge in [0, 0.05) is 11.8 Å². The van der Waals surface area contributed by atoms with Crippen molar-refractivity contribution in [3.8, 4) is 0 Å². The summed E-state index contributed by atoms with van der Waals surface area (Å²) in [6, 6.07) is 0. The zero-order valence-corrected chi connectivity index (χ0v) is 6.74. The summed E-state index contributed by atoms with van der Waals surface area (Å²) >= 11 is 0. The van der Waals surface area contributed by atoms with Gasteiger partial charge < -0.3 is 0 Å². The molecule has 6 heteroatoms. The molecule has 66 valence electrons. The molecule has 0 bridgehead atoms. The molecule has 0 saturated heterocycles. The Hall–Kier alpha value is -0.230. The summed E-state index contributed by atoms with van der Waals surface area (Å²) in [5.41, 5.74) is 0. The minimum atomic E-state index is -3.74. The minimum absolute atomic E-state index is 0.610. The van der Waals surface area contributed by atoms with E-state index in [0.29, 0.717) is 0 Å². The van der Waals surface area contributed by atoms with Gasteiger partial charge in [0.25, 0.3) is 5.92 Å². The van der Waals surface area contributed by atoms with Gasteiger partial charge in [-0.05, 0) is 0 Å². The Kier molecular flexibility index (Phi) is 1.72. The van der Waals surface area contributed by atoms with E-state index in [1.165, 1.54) is 6.92 Å². The number of alkyl halides is 2. The molecular weight excluding hydrogens is 176 g/mol. The van der Waals surface area contributed by atoms with Crippen LogP contribution in [0.25, 0.3) is 0 Å². The third-order valence-electron chi connectivity index (χ3n) is 2.01. The Morgan fingerprint density at radius 3 is 2.00 bits per heavy atom. The van der Waals surface area contributed by atoms with Gasteiger partial charge in [-0.2, -0.15) is 0 Å². The second-order valence-electron chi connectivity index (χ2n) is 2.90. The summed E-state index contributed by atoms with van der Waals surface area (Å²) in [4.78, 5) is 0. The third kappa shape index (κ3) is 1.67. The van der Waals surface area contributed by atoms with Crippen LogP contribution in [-0.2, 0) is 10.0 Å². The highest BCUT2D eigenvalue weighted by Gasteiger charge is 2.66. The predicted octanol–water partition coefficient (Wildman–Crippen LogP) is 0.176. The molecule has 0 radical (unpaired) electrons. The van der Waals surface area contributed by atoms with Gasteiger partial charge in [0.15, 0.2) is 0 Å². The molecule has 0 aromatic carbocycles. The molecule has 0 aromatic rings. The average Bonchev–Trinajstić information content (AvgIpc) is 2.14. The molecule has 2 N–H and O–H groups in total. The van der Waals surface area contributed by atoms with Crippen LogP contribution in [0.15, 0.2) is 0 Å². The predicted molar refractivity (Wildman–Crippen MR) is 35.6 cm³/mol. The fraction of sp³-hybridized carbons (Fsp3) is 1.00. The lowest BCUT2D eigenvalue weighted by atomic mass is 10.4. The maximum absolute atomic E-state index is 12.4. The molecule has 1 aliphatic carbocycles. The Bertz CT molecular complexity index is 262. The molecule has 0 amide bonds. The topological polar surface area (TPSA) is 60.2 Å². The monoisotopic (exact) mass is 185 g/mol. The van der Waals surface area contributed by atoms with E-state index in [0.717, 1.165) is 0 Å². The van der Waals surface area contributed by atoms with Crippen LogP contribution >= 0.6 is 0 Å². The second kappa shape index (κ2) is 2.13. The van der Waals surface area contributed by atoms with Crippen LogP contribution in [-0.4, -0.2) is 20.1 Å². The van der Waals surface area contributed by atoms with E-state index < -0.39 is 33.5 Å². The molecule has 2 atom stereocenters. The Morgan fingerprint density at radius 1 is 1.55 bits per heavy atom. The summed E-state index contributed by atoms with van der Waals surface area (Å²) in [7, 11) is -3.74. The molecule has 0 heterocycles. The first kappa shape index (κ1) is 8.86. The summed E-state index contributed by atoms with van der Waals surface area (Å²) in [6.07, 6.45) is 0. The van der Waals surface area contributed by atoms with Crippen LogP contribution in [0, 0.1) is 11.8 Å². The molecule has 0 aromatic heterocycles. The van der Waals surface area contributed by atoms with Gasteiger partial charge in [0.2, 0.25) is 10.0 Å². The van der Waals surface area contributed by atoms with Crippen molar-refractivity contribution in [2.45, 2.75) is 12.8 Å². The van der Waals surface area contributed by atoms with E-state index in [4.69, 9.17) is 0 Å². The number of sulfonamides is 1. The zero-order valence-electron chi connectivity index (χ0n) is 5.92. The Balaban J connectivity index is 2.58. The lowest BCUT2D eigenvalue weighted by Crippen LogP contribution is -2.19. The van der Waals surface area contributed by atoms with Crippen LogP contribution in [0.3, 0.4) is 0 Å². The van der Waals surface area contributed by atoms with Gasteiger partial charge in [0.05, 0.1) is 5.75 Å². The van der Waals surface area contributed by atoms with E-state index in [9.17, 15) is 17.2 Å². The molecule has 3 nitrogen and oxygen atoms in total. The van der Waals surface area contributed by atoms with Gasteiger partial charge in [-0.3, -0.25) is 0 Å². The lowest BCUT2D eigenvalue weighted by Gasteiger charge is -1.93. The van der Waals surface area contributed by atoms with Crippen molar-refractivity contribution in [1.82, 2.24) is 0 Å². The molecule has 0 aliphatic heterocycles. The van der Waals surface area contributed by atoms with E-state index in [-0.39, 0.29) is 0 Å². The molecule has 11 heavy (non-hydrogen) atoms. The number of hydrogen-bond acceptors (Lipinski definition) is 2. The minimum Gasteiger partial charge on any atom is -0.229 e. The second-order valence-corrected chi connectivity index (χ2v) is 4.56.